The van der Waals surface area contributed by atoms with Crippen molar-refractivity contribution >= 4 is 22.8 Å². The Morgan fingerprint density at radius 3 is 2.69 bits per heavy atom. The smallest absolute Gasteiger partial charge is 0.263 e. The minimum Gasteiger partial charge on any atom is -0.301 e. The van der Waals surface area contributed by atoms with E-state index in [1.54, 1.807) is 0 Å². The Labute approximate surface area is 98.4 Å². The van der Waals surface area contributed by atoms with Gasteiger partial charge in [-0.25, -0.2) is 0 Å². The number of allylic oxidation sites excluding steroid dienone is 1. The fourth-order valence-electron chi connectivity index (χ4n) is 1.50. The van der Waals surface area contributed by atoms with Gasteiger partial charge in [0.15, 0.2) is 5.17 Å². The van der Waals surface area contributed by atoms with Crippen molar-refractivity contribution in [3.8, 4) is 0 Å². The fourth-order valence-corrected chi connectivity index (χ4v) is 2.20. The van der Waals surface area contributed by atoms with Crippen LogP contribution >= 0.6 is 11.8 Å². The van der Waals surface area contributed by atoms with E-state index in [9.17, 15) is 4.79 Å². The van der Waals surface area contributed by atoms with Crippen molar-refractivity contribution < 1.29 is 4.79 Å². The van der Waals surface area contributed by atoms with Crippen molar-refractivity contribution in [3.63, 3.8) is 0 Å². The van der Waals surface area contributed by atoms with Crippen LogP contribution in [0.1, 0.15) is 12.0 Å². The monoisotopic (exact) mass is 232 g/mol. The molecule has 1 aromatic rings. The van der Waals surface area contributed by atoms with Crippen molar-refractivity contribution in [1.29, 1.82) is 5.41 Å². The molecule has 0 unspecified atom stereocenters. The fraction of sp³-hybridized carbons (Fsp3) is 0.167. The predicted octanol–water partition coefficient (Wildman–Crippen LogP) is 2.30. The van der Waals surface area contributed by atoms with E-state index in [-0.39, 0.29) is 11.1 Å². The van der Waals surface area contributed by atoms with Crippen LogP contribution in [0, 0.1) is 5.41 Å². The summed E-state index contributed by atoms with van der Waals surface area (Å²) in [4.78, 5) is 11.9. The first-order chi connectivity index (χ1) is 7.75. The molecule has 0 aromatic heterocycles. The lowest BCUT2D eigenvalue weighted by atomic mass is 10.1. The van der Waals surface area contributed by atoms with Crippen molar-refractivity contribution in [1.82, 2.24) is 5.32 Å². The van der Waals surface area contributed by atoms with Gasteiger partial charge in [-0.2, -0.15) is 0 Å². The van der Waals surface area contributed by atoms with E-state index in [0.29, 0.717) is 4.91 Å². The van der Waals surface area contributed by atoms with Crippen LogP contribution in [0.5, 0.6) is 0 Å². The van der Waals surface area contributed by atoms with Gasteiger partial charge in [0, 0.05) is 0 Å². The molecule has 1 aliphatic rings. The molecule has 0 radical (unpaired) electrons. The molecule has 1 aromatic carbocycles. The van der Waals surface area contributed by atoms with Gasteiger partial charge in [0.25, 0.3) is 5.91 Å². The first-order valence-corrected chi connectivity index (χ1v) is 5.89. The molecule has 2 N–H and O–H groups in total. The Morgan fingerprint density at radius 1 is 1.31 bits per heavy atom. The lowest BCUT2D eigenvalue weighted by molar-refractivity contribution is -0.115. The molecule has 0 spiro atoms. The summed E-state index contributed by atoms with van der Waals surface area (Å²) in [5.74, 6) is -0.150. The third-order valence-electron chi connectivity index (χ3n) is 2.27. The molecule has 82 valence electrons. The molecule has 0 bridgehead atoms. The van der Waals surface area contributed by atoms with Gasteiger partial charge >= 0.3 is 0 Å². The van der Waals surface area contributed by atoms with Crippen molar-refractivity contribution in [2.45, 2.75) is 12.8 Å². The third-order valence-corrected chi connectivity index (χ3v) is 3.15. The van der Waals surface area contributed by atoms with E-state index in [2.05, 4.69) is 17.4 Å². The summed E-state index contributed by atoms with van der Waals surface area (Å²) < 4.78 is 0. The van der Waals surface area contributed by atoms with Gasteiger partial charge in [0.05, 0.1) is 4.91 Å². The average molecular weight is 232 g/mol. The summed E-state index contributed by atoms with van der Waals surface area (Å²) in [5, 5.41) is 9.97. The Bertz CT molecular complexity index is 440. The third kappa shape index (κ3) is 2.73. The predicted molar refractivity (Wildman–Crippen MR) is 66.3 cm³/mol. The summed E-state index contributed by atoms with van der Waals surface area (Å²) in [6.07, 6.45) is 3.65. The highest BCUT2D eigenvalue weighted by atomic mass is 32.2. The topological polar surface area (TPSA) is 53.0 Å². The Balaban J connectivity index is 1.90. The lowest BCUT2D eigenvalue weighted by Crippen LogP contribution is -2.18. The minimum absolute atomic E-state index is 0.150. The summed E-state index contributed by atoms with van der Waals surface area (Å²) in [6, 6.07) is 10.2. The Morgan fingerprint density at radius 2 is 2.06 bits per heavy atom. The van der Waals surface area contributed by atoms with Gasteiger partial charge in [-0.3, -0.25) is 10.2 Å². The molecule has 4 heteroatoms. The van der Waals surface area contributed by atoms with Crippen LogP contribution in [-0.4, -0.2) is 11.1 Å². The standard InChI is InChI=1S/C12H12N2OS/c13-12-14-11(15)10(16-12)8-4-7-9-5-2-1-3-6-9/h1-3,5-6,8H,4,7H2,(H2,13,14,15). The van der Waals surface area contributed by atoms with Crippen LogP contribution < -0.4 is 5.32 Å². The zero-order chi connectivity index (χ0) is 11.4. The van der Waals surface area contributed by atoms with Crippen molar-refractivity contribution in [3.05, 3.63) is 46.9 Å². The van der Waals surface area contributed by atoms with Crippen molar-refractivity contribution in [2.75, 3.05) is 0 Å². The second kappa shape index (κ2) is 4.99. The molecule has 0 aliphatic carbocycles. The number of aryl methyl sites for hydroxylation is 1. The van der Waals surface area contributed by atoms with E-state index in [1.165, 1.54) is 17.3 Å². The van der Waals surface area contributed by atoms with E-state index in [4.69, 9.17) is 5.41 Å². The molecule has 1 fully saturated rings. The molecule has 1 saturated heterocycles. The number of benzene rings is 1. The lowest BCUT2D eigenvalue weighted by Gasteiger charge is -1.97. The van der Waals surface area contributed by atoms with E-state index < -0.39 is 0 Å². The van der Waals surface area contributed by atoms with Gasteiger partial charge < -0.3 is 5.32 Å². The summed E-state index contributed by atoms with van der Waals surface area (Å²) >= 11 is 1.19. The van der Waals surface area contributed by atoms with E-state index >= 15 is 0 Å². The van der Waals surface area contributed by atoms with Crippen LogP contribution in [0.4, 0.5) is 0 Å². The molecule has 0 atom stereocenters. The number of amidine groups is 1. The average Bonchev–Trinajstić information content (AvgIpc) is 2.59. The zero-order valence-corrected chi connectivity index (χ0v) is 9.51. The molecule has 1 heterocycles. The Hall–Kier alpha value is -1.55. The number of nitrogens with one attached hydrogen (secondary N) is 2. The minimum atomic E-state index is -0.150. The number of carbonyl (C=O) groups is 1. The number of carbonyl (C=O) groups excluding carboxylic acids is 1. The second-order valence-electron chi connectivity index (χ2n) is 3.48. The maximum atomic E-state index is 11.3. The van der Waals surface area contributed by atoms with Crippen LogP contribution in [0.25, 0.3) is 0 Å². The molecule has 1 aliphatic heterocycles. The van der Waals surface area contributed by atoms with Gasteiger partial charge in [-0.1, -0.05) is 36.4 Å². The highest BCUT2D eigenvalue weighted by molar-refractivity contribution is 8.18. The molecular formula is C12H12N2OS. The van der Waals surface area contributed by atoms with Crippen molar-refractivity contribution in [2.24, 2.45) is 0 Å². The van der Waals surface area contributed by atoms with Crippen LogP contribution in [0.3, 0.4) is 0 Å². The van der Waals surface area contributed by atoms with Crippen LogP contribution in [-0.2, 0) is 11.2 Å². The summed E-state index contributed by atoms with van der Waals surface area (Å²) in [5.41, 5.74) is 1.26. The summed E-state index contributed by atoms with van der Waals surface area (Å²) in [7, 11) is 0. The molecule has 3 nitrogen and oxygen atoms in total. The highest BCUT2D eigenvalue weighted by Crippen LogP contribution is 2.22. The van der Waals surface area contributed by atoms with Gasteiger partial charge in [0.1, 0.15) is 0 Å². The molecule has 2 rings (SSSR count). The van der Waals surface area contributed by atoms with Crippen LogP contribution in [0.2, 0.25) is 0 Å². The number of hydrogen-bond donors (Lipinski definition) is 2. The number of amides is 1. The van der Waals surface area contributed by atoms with E-state index in [0.717, 1.165) is 12.8 Å². The SMILES string of the molecule is N=C1NC(=O)C(=CCCc2ccccc2)S1. The highest BCUT2D eigenvalue weighted by Gasteiger charge is 2.21. The maximum absolute atomic E-state index is 11.3. The number of hydrogen-bond acceptors (Lipinski definition) is 3. The van der Waals surface area contributed by atoms with Gasteiger partial charge in [-0.15, -0.1) is 0 Å². The van der Waals surface area contributed by atoms with Gasteiger partial charge in [-0.05, 0) is 30.2 Å². The second-order valence-corrected chi connectivity index (χ2v) is 4.53. The largest absolute Gasteiger partial charge is 0.301 e. The first-order valence-electron chi connectivity index (χ1n) is 5.07. The normalized spacial score (nSPS) is 17.9. The van der Waals surface area contributed by atoms with Crippen LogP contribution in [0.15, 0.2) is 41.3 Å². The quantitative estimate of drug-likeness (QED) is 0.786. The molecule has 1 amide bonds. The van der Waals surface area contributed by atoms with E-state index in [1.807, 2.05) is 24.3 Å². The van der Waals surface area contributed by atoms with Gasteiger partial charge in [0.2, 0.25) is 0 Å². The first kappa shape index (κ1) is 11.0. The Kier molecular flexibility index (Phi) is 3.41. The molecule has 0 saturated carbocycles. The maximum Gasteiger partial charge on any atom is 0.263 e. The summed E-state index contributed by atoms with van der Waals surface area (Å²) in [6.45, 7) is 0. The molecular weight excluding hydrogens is 220 g/mol. The number of thioether (sulfide) groups is 1. The zero-order valence-electron chi connectivity index (χ0n) is 8.69. The molecule has 16 heavy (non-hydrogen) atoms. The number of rotatable bonds is 3.